The molecule has 0 saturated carbocycles. The monoisotopic (exact) mass is 383 g/mol. The van der Waals surface area contributed by atoms with Gasteiger partial charge in [-0.15, -0.1) is 0 Å². The minimum Gasteiger partial charge on any atom is -0.384 e. The topological polar surface area (TPSA) is 12.0 Å². The van der Waals surface area contributed by atoms with Gasteiger partial charge < -0.3 is 5.32 Å². The Labute approximate surface area is 110 Å². The Kier molecular flexibility index (Phi) is 6.13. The zero-order valence-corrected chi connectivity index (χ0v) is 12.4. The van der Waals surface area contributed by atoms with Crippen LogP contribution in [0.25, 0.3) is 0 Å². The molecule has 0 saturated heterocycles. The molecule has 0 spiro atoms. The van der Waals surface area contributed by atoms with E-state index in [1.807, 2.05) is 12.1 Å². The molecular weight excluding hydrogens is 374 g/mol. The molecule has 1 unspecified atom stereocenters. The van der Waals surface area contributed by atoms with Crippen LogP contribution in [0.1, 0.15) is 6.42 Å². The Morgan fingerprint density at radius 3 is 2.43 bits per heavy atom. The van der Waals surface area contributed by atoms with Crippen molar-refractivity contribution < 1.29 is 0 Å². The molecular formula is C10H12Br3N. The molecule has 0 bridgehead atoms. The van der Waals surface area contributed by atoms with Crippen molar-refractivity contribution in [1.29, 1.82) is 0 Å². The molecule has 0 aliphatic carbocycles. The first kappa shape index (κ1) is 12.5. The molecule has 1 N–H and O–H groups in total. The summed E-state index contributed by atoms with van der Waals surface area (Å²) in [5.41, 5.74) is 1.16. The molecule has 0 fully saturated rings. The molecule has 1 atom stereocenters. The summed E-state index contributed by atoms with van der Waals surface area (Å²) in [5.74, 6) is 0. The Hall–Kier alpha value is 0.460. The molecule has 0 aromatic heterocycles. The quantitative estimate of drug-likeness (QED) is 0.740. The van der Waals surface area contributed by atoms with Crippen molar-refractivity contribution in [2.75, 3.05) is 17.2 Å². The van der Waals surface area contributed by atoms with Crippen LogP contribution in [-0.4, -0.2) is 16.7 Å². The van der Waals surface area contributed by atoms with Crippen LogP contribution in [-0.2, 0) is 0 Å². The van der Waals surface area contributed by atoms with Gasteiger partial charge in [-0.3, -0.25) is 0 Å². The summed E-state index contributed by atoms with van der Waals surface area (Å²) in [7, 11) is 0. The summed E-state index contributed by atoms with van der Waals surface area (Å²) in [6.45, 7) is 0.952. The summed E-state index contributed by atoms with van der Waals surface area (Å²) in [6.07, 6.45) is 1.13. The fraction of sp³-hybridized carbons (Fsp3) is 0.400. The van der Waals surface area contributed by atoms with Gasteiger partial charge in [-0.05, 0) is 30.7 Å². The van der Waals surface area contributed by atoms with Crippen molar-refractivity contribution in [2.24, 2.45) is 0 Å². The van der Waals surface area contributed by atoms with Crippen LogP contribution in [0, 0.1) is 0 Å². The van der Waals surface area contributed by atoms with E-state index < -0.39 is 0 Å². The fourth-order valence-corrected chi connectivity index (χ4v) is 2.84. The van der Waals surface area contributed by atoms with Crippen LogP contribution >= 0.6 is 47.8 Å². The smallest absolute Gasteiger partial charge is 0.0341 e. The molecule has 1 nitrogen and oxygen atoms in total. The maximum absolute atomic E-state index is 3.61. The van der Waals surface area contributed by atoms with Gasteiger partial charge in [0.15, 0.2) is 0 Å². The van der Waals surface area contributed by atoms with Gasteiger partial charge in [-0.25, -0.2) is 0 Å². The number of halogens is 3. The number of nitrogens with one attached hydrogen (secondary N) is 1. The molecule has 0 heterocycles. The molecule has 0 amide bonds. The highest BCUT2D eigenvalue weighted by atomic mass is 79.9. The van der Waals surface area contributed by atoms with Crippen LogP contribution in [0.4, 0.5) is 5.69 Å². The van der Waals surface area contributed by atoms with E-state index in [1.165, 1.54) is 0 Å². The van der Waals surface area contributed by atoms with Crippen molar-refractivity contribution in [3.63, 3.8) is 0 Å². The van der Waals surface area contributed by atoms with Crippen molar-refractivity contribution in [2.45, 2.75) is 11.2 Å². The number of hydrogen-bond acceptors (Lipinski definition) is 1. The largest absolute Gasteiger partial charge is 0.384 e. The zero-order valence-electron chi connectivity index (χ0n) is 7.64. The highest BCUT2D eigenvalue weighted by Crippen LogP contribution is 2.15. The molecule has 1 aromatic rings. The van der Waals surface area contributed by atoms with Crippen LogP contribution in [0.5, 0.6) is 0 Å². The van der Waals surface area contributed by atoms with Crippen molar-refractivity contribution in [1.82, 2.24) is 0 Å². The van der Waals surface area contributed by atoms with E-state index in [4.69, 9.17) is 0 Å². The third-order valence-corrected chi connectivity index (χ3v) is 3.56. The molecule has 78 valence electrons. The van der Waals surface area contributed by atoms with E-state index in [0.717, 1.165) is 28.5 Å². The number of anilines is 1. The van der Waals surface area contributed by atoms with E-state index in [-0.39, 0.29) is 0 Å². The lowest BCUT2D eigenvalue weighted by atomic mass is 10.3. The lowest BCUT2D eigenvalue weighted by Gasteiger charge is -2.10. The Balaban J connectivity index is 2.34. The van der Waals surface area contributed by atoms with Crippen molar-refractivity contribution >= 4 is 53.5 Å². The summed E-state index contributed by atoms with van der Waals surface area (Å²) in [4.78, 5) is 0.519. The van der Waals surface area contributed by atoms with Gasteiger partial charge in [0.1, 0.15) is 0 Å². The third-order valence-electron chi connectivity index (χ3n) is 1.79. The summed E-state index contributed by atoms with van der Waals surface area (Å²) in [6, 6.07) is 8.21. The first-order valence-electron chi connectivity index (χ1n) is 4.42. The van der Waals surface area contributed by atoms with Gasteiger partial charge in [0.2, 0.25) is 0 Å². The average Bonchev–Trinajstić information content (AvgIpc) is 2.17. The maximum atomic E-state index is 3.61. The van der Waals surface area contributed by atoms with Gasteiger partial charge in [0, 0.05) is 26.9 Å². The normalized spacial score (nSPS) is 12.5. The lowest BCUT2D eigenvalue weighted by molar-refractivity contribution is 0.882. The predicted octanol–water partition coefficient (Wildman–Crippen LogP) is 4.41. The standard InChI is InChI=1S/C10H12Br3N/c11-6-5-9(13)7-14-10-3-1-8(12)2-4-10/h1-4,9,14H,5-7H2. The third kappa shape index (κ3) is 4.80. The van der Waals surface area contributed by atoms with E-state index in [9.17, 15) is 0 Å². The van der Waals surface area contributed by atoms with E-state index in [2.05, 4.69) is 65.2 Å². The Bertz CT molecular complexity index is 261. The number of rotatable bonds is 5. The first-order chi connectivity index (χ1) is 6.72. The average molecular weight is 386 g/mol. The minimum atomic E-state index is 0.519. The number of benzene rings is 1. The van der Waals surface area contributed by atoms with Crippen LogP contribution in [0.3, 0.4) is 0 Å². The molecule has 0 radical (unpaired) electrons. The van der Waals surface area contributed by atoms with Crippen LogP contribution < -0.4 is 5.32 Å². The van der Waals surface area contributed by atoms with Crippen molar-refractivity contribution in [3.8, 4) is 0 Å². The molecule has 0 aliphatic heterocycles. The Morgan fingerprint density at radius 1 is 1.21 bits per heavy atom. The van der Waals surface area contributed by atoms with E-state index >= 15 is 0 Å². The highest BCUT2D eigenvalue weighted by Gasteiger charge is 2.01. The summed E-state index contributed by atoms with van der Waals surface area (Å²) < 4.78 is 1.11. The molecule has 1 rings (SSSR count). The minimum absolute atomic E-state index is 0.519. The van der Waals surface area contributed by atoms with Gasteiger partial charge in [-0.2, -0.15) is 0 Å². The second kappa shape index (κ2) is 6.85. The SMILES string of the molecule is BrCCC(Br)CNc1ccc(Br)cc1. The first-order valence-corrected chi connectivity index (χ1v) is 7.25. The van der Waals surface area contributed by atoms with Crippen LogP contribution in [0.2, 0.25) is 0 Å². The number of alkyl halides is 2. The van der Waals surface area contributed by atoms with Crippen LogP contribution in [0.15, 0.2) is 28.7 Å². The summed E-state index contributed by atoms with van der Waals surface area (Å²) in [5, 5.41) is 4.40. The fourth-order valence-electron chi connectivity index (χ4n) is 1.02. The van der Waals surface area contributed by atoms with E-state index in [1.54, 1.807) is 0 Å². The second-order valence-electron chi connectivity index (χ2n) is 2.96. The Morgan fingerprint density at radius 2 is 1.86 bits per heavy atom. The van der Waals surface area contributed by atoms with E-state index in [0.29, 0.717) is 4.83 Å². The molecule has 0 aliphatic rings. The summed E-state index contributed by atoms with van der Waals surface area (Å²) >= 11 is 10.4. The zero-order chi connectivity index (χ0) is 10.4. The van der Waals surface area contributed by atoms with Gasteiger partial charge in [0.25, 0.3) is 0 Å². The molecule has 4 heteroatoms. The maximum Gasteiger partial charge on any atom is 0.0341 e. The second-order valence-corrected chi connectivity index (χ2v) is 5.97. The lowest BCUT2D eigenvalue weighted by Crippen LogP contribution is -2.13. The van der Waals surface area contributed by atoms with Gasteiger partial charge in [-0.1, -0.05) is 47.8 Å². The molecule has 1 aromatic carbocycles. The van der Waals surface area contributed by atoms with Gasteiger partial charge in [0.05, 0.1) is 0 Å². The van der Waals surface area contributed by atoms with Gasteiger partial charge >= 0.3 is 0 Å². The van der Waals surface area contributed by atoms with Crippen molar-refractivity contribution in [3.05, 3.63) is 28.7 Å². The molecule has 14 heavy (non-hydrogen) atoms. The number of hydrogen-bond donors (Lipinski definition) is 1. The predicted molar refractivity (Wildman–Crippen MR) is 73.8 cm³/mol. The highest BCUT2D eigenvalue weighted by molar-refractivity contribution is 9.10.